The summed E-state index contributed by atoms with van der Waals surface area (Å²) < 4.78 is 12.7. The zero-order chi connectivity index (χ0) is 11.4. The largest absolute Gasteiger partial charge is 0.294 e. The third-order valence-electron chi connectivity index (χ3n) is 2.32. The second-order valence-corrected chi connectivity index (χ2v) is 3.78. The van der Waals surface area contributed by atoms with Gasteiger partial charge in [-0.3, -0.25) is 10.2 Å². The highest BCUT2D eigenvalue weighted by Gasteiger charge is 2.23. The van der Waals surface area contributed by atoms with E-state index in [9.17, 15) is 9.18 Å². The number of carbonyl (C=O) groups excluding carboxylic acids is 1. The topological polar surface area (TPSA) is 55.1 Å². The number of carbonyl (C=O) groups is 1. The minimum atomic E-state index is -0.337. The molecular weight excluding hydrogens is 195 g/mol. The monoisotopic (exact) mass is 210 g/mol. The van der Waals surface area contributed by atoms with Crippen LogP contribution in [-0.4, -0.2) is 5.91 Å². The van der Waals surface area contributed by atoms with Crippen molar-refractivity contribution in [2.24, 2.45) is 11.8 Å². The molecule has 0 heterocycles. The fourth-order valence-electron chi connectivity index (χ4n) is 1.60. The number of hydrogen-bond acceptors (Lipinski definition) is 2. The molecule has 1 rings (SSSR count). The minimum Gasteiger partial charge on any atom is -0.294 e. The summed E-state index contributed by atoms with van der Waals surface area (Å²) in [6, 6.07) is 5.90. The third-order valence-corrected chi connectivity index (χ3v) is 2.32. The van der Waals surface area contributed by atoms with Crippen molar-refractivity contribution in [3.8, 4) is 0 Å². The Morgan fingerprint density at radius 3 is 2.27 bits per heavy atom. The fraction of sp³-hybridized carbons (Fsp3) is 0.364. The Balaban J connectivity index is 2.99. The van der Waals surface area contributed by atoms with Crippen molar-refractivity contribution in [1.82, 2.24) is 5.43 Å². The molecule has 4 heteroatoms. The molecule has 1 amide bonds. The van der Waals surface area contributed by atoms with Crippen molar-refractivity contribution in [1.29, 1.82) is 0 Å². The first-order valence-electron chi connectivity index (χ1n) is 4.82. The highest BCUT2D eigenvalue weighted by molar-refractivity contribution is 5.83. The maximum Gasteiger partial charge on any atom is 0.241 e. The van der Waals surface area contributed by atoms with Gasteiger partial charge in [-0.1, -0.05) is 26.0 Å². The van der Waals surface area contributed by atoms with Crippen LogP contribution in [0.4, 0.5) is 4.39 Å². The summed E-state index contributed by atoms with van der Waals surface area (Å²) in [6.07, 6.45) is 0. The lowest BCUT2D eigenvalue weighted by Crippen LogP contribution is -2.36. The summed E-state index contributed by atoms with van der Waals surface area (Å²) in [6.45, 7) is 3.84. The summed E-state index contributed by atoms with van der Waals surface area (Å²) in [4.78, 5) is 11.5. The number of hydrazine groups is 1. The molecule has 0 radical (unpaired) electrons. The molecule has 0 fully saturated rings. The molecule has 1 atom stereocenters. The average molecular weight is 210 g/mol. The Morgan fingerprint density at radius 1 is 1.33 bits per heavy atom. The first-order chi connectivity index (χ1) is 7.06. The predicted octanol–water partition coefficient (Wildman–Crippen LogP) is 1.56. The average Bonchev–Trinajstić information content (AvgIpc) is 2.20. The van der Waals surface area contributed by atoms with E-state index in [1.165, 1.54) is 12.1 Å². The quantitative estimate of drug-likeness (QED) is 0.452. The van der Waals surface area contributed by atoms with Crippen molar-refractivity contribution < 1.29 is 9.18 Å². The smallest absolute Gasteiger partial charge is 0.241 e. The lowest BCUT2D eigenvalue weighted by atomic mass is 9.88. The second kappa shape index (κ2) is 4.89. The van der Waals surface area contributed by atoms with Gasteiger partial charge in [-0.15, -0.1) is 0 Å². The van der Waals surface area contributed by atoms with E-state index in [1.54, 1.807) is 12.1 Å². The summed E-state index contributed by atoms with van der Waals surface area (Å²) >= 11 is 0. The van der Waals surface area contributed by atoms with E-state index in [-0.39, 0.29) is 23.6 Å². The van der Waals surface area contributed by atoms with E-state index in [2.05, 4.69) is 5.43 Å². The molecule has 3 nitrogen and oxygen atoms in total. The van der Waals surface area contributed by atoms with Gasteiger partial charge in [0.05, 0.1) is 5.92 Å². The van der Waals surface area contributed by atoms with Gasteiger partial charge >= 0.3 is 0 Å². The van der Waals surface area contributed by atoms with Crippen molar-refractivity contribution >= 4 is 5.91 Å². The summed E-state index contributed by atoms with van der Waals surface area (Å²) in [7, 11) is 0. The molecule has 1 aromatic rings. The standard InChI is InChI=1S/C11H15FN2O/c1-7(2)10(11(15)14-13)8-3-5-9(12)6-4-8/h3-7,10H,13H2,1-2H3,(H,14,15). The number of benzene rings is 1. The minimum absolute atomic E-state index is 0.110. The van der Waals surface area contributed by atoms with Crippen LogP contribution in [0.2, 0.25) is 0 Å². The highest BCUT2D eigenvalue weighted by atomic mass is 19.1. The van der Waals surface area contributed by atoms with Crippen LogP contribution in [0.25, 0.3) is 0 Å². The number of hydrogen-bond donors (Lipinski definition) is 2. The van der Waals surface area contributed by atoms with E-state index in [0.717, 1.165) is 5.56 Å². The Bertz CT molecular complexity index is 335. The Hall–Kier alpha value is -1.42. The lowest BCUT2D eigenvalue weighted by molar-refractivity contribution is -0.123. The van der Waals surface area contributed by atoms with Gasteiger partial charge < -0.3 is 0 Å². The molecule has 1 unspecified atom stereocenters. The van der Waals surface area contributed by atoms with E-state index in [1.807, 2.05) is 13.8 Å². The lowest BCUT2D eigenvalue weighted by Gasteiger charge is -2.19. The van der Waals surface area contributed by atoms with Crippen LogP contribution >= 0.6 is 0 Å². The van der Waals surface area contributed by atoms with Crippen LogP contribution in [0, 0.1) is 11.7 Å². The molecule has 0 aliphatic rings. The van der Waals surface area contributed by atoms with E-state index in [4.69, 9.17) is 5.84 Å². The number of amides is 1. The summed E-state index contributed by atoms with van der Waals surface area (Å²) in [5.74, 6) is 4.31. The van der Waals surface area contributed by atoms with Crippen molar-refractivity contribution in [3.05, 3.63) is 35.6 Å². The fourth-order valence-corrected chi connectivity index (χ4v) is 1.60. The Labute approximate surface area is 88.4 Å². The van der Waals surface area contributed by atoms with Crippen LogP contribution < -0.4 is 11.3 Å². The van der Waals surface area contributed by atoms with Crippen molar-refractivity contribution in [2.45, 2.75) is 19.8 Å². The van der Waals surface area contributed by atoms with E-state index in [0.29, 0.717) is 0 Å². The normalized spacial score (nSPS) is 12.6. The highest BCUT2D eigenvalue weighted by Crippen LogP contribution is 2.24. The molecule has 0 aliphatic carbocycles. The molecule has 0 saturated carbocycles. The second-order valence-electron chi connectivity index (χ2n) is 3.78. The Morgan fingerprint density at radius 2 is 1.87 bits per heavy atom. The Kier molecular flexibility index (Phi) is 3.80. The van der Waals surface area contributed by atoms with Crippen LogP contribution in [0.15, 0.2) is 24.3 Å². The molecule has 0 aromatic heterocycles. The van der Waals surface area contributed by atoms with Gasteiger partial charge in [0.1, 0.15) is 5.82 Å². The van der Waals surface area contributed by atoms with Crippen molar-refractivity contribution in [2.75, 3.05) is 0 Å². The van der Waals surface area contributed by atoms with Gasteiger partial charge in [-0.25, -0.2) is 10.2 Å². The maximum atomic E-state index is 12.7. The molecule has 0 saturated heterocycles. The zero-order valence-corrected chi connectivity index (χ0v) is 8.83. The van der Waals surface area contributed by atoms with Crippen LogP contribution in [-0.2, 0) is 4.79 Å². The van der Waals surface area contributed by atoms with Gasteiger partial charge in [0.15, 0.2) is 0 Å². The molecule has 1 aromatic carbocycles. The molecule has 15 heavy (non-hydrogen) atoms. The van der Waals surface area contributed by atoms with Gasteiger partial charge in [-0.2, -0.15) is 0 Å². The van der Waals surface area contributed by atoms with Gasteiger partial charge in [0.25, 0.3) is 0 Å². The zero-order valence-electron chi connectivity index (χ0n) is 8.83. The van der Waals surface area contributed by atoms with E-state index >= 15 is 0 Å². The predicted molar refractivity (Wildman–Crippen MR) is 56.3 cm³/mol. The third kappa shape index (κ3) is 2.76. The summed E-state index contributed by atoms with van der Waals surface area (Å²) in [5.41, 5.74) is 2.90. The molecule has 3 N–H and O–H groups in total. The molecule has 0 bridgehead atoms. The first-order valence-corrected chi connectivity index (χ1v) is 4.82. The van der Waals surface area contributed by atoms with Crippen LogP contribution in [0.3, 0.4) is 0 Å². The van der Waals surface area contributed by atoms with Crippen LogP contribution in [0.1, 0.15) is 25.3 Å². The molecule has 82 valence electrons. The van der Waals surface area contributed by atoms with Gasteiger partial charge in [0.2, 0.25) is 5.91 Å². The van der Waals surface area contributed by atoms with Crippen LogP contribution in [0.5, 0.6) is 0 Å². The molecular formula is C11H15FN2O. The molecule has 0 aliphatic heterocycles. The SMILES string of the molecule is CC(C)C(C(=O)NN)c1ccc(F)cc1. The maximum absolute atomic E-state index is 12.7. The number of nitrogens with two attached hydrogens (primary N) is 1. The van der Waals surface area contributed by atoms with Gasteiger partial charge in [0, 0.05) is 0 Å². The number of halogens is 1. The van der Waals surface area contributed by atoms with E-state index < -0.39 is 0 Å². The summed E-state index contributed by atoms with van der Waals surface area (Å²) in [5, 5.41) is 0. The molecule has 0 spiro atoms. The number of rotatable bonds is 3. The van der Waals surface area contributed by atoms with Gasteiger partial charge in [-0.05, 0) is 23.6 Å². The first kappa shape index (κ1) is 11.7. The van der Waals surface area contributed by atoms with Crippen molar-refractivity contribution in [3.63, 3.8) is 0 Å². The number of nitrogens with one attached hydrogen (secondary N) is 1.